The summed E-state index contributed by atoms with van der Waals surface area (Å²) < 4.78 is 12.2. The number of fused-ring (bicyclic) bond motifs is 3. The summed E-state index contributed by atoms with van der Waals surface area (Å²) in [6.45, 7) is 6.00. The number of unbranched alkanes of at least 4 members (excludes halogenated alkanes) is 6. The number of benzene rings is 4. The van der Waals surface area contributed by atoms with Crippen LogP contribution in [0.5, 0.6) is 11.5 Å². The smallest absolute Gasteiger partial charge is 0.119 e. The van der Waals surface area contributed by atoms with Gasteiger partial charge < -0.3 is 9.47 Å². The van der Waals surface area contributed by atoms with Gasteiger partial charge in [-0.1, -0.05) is 107 Å². The minimum atomic E-state index is -0.459. The van der Waals surface area contributed by atoms with Crippen LogP contribution in [-0.4, -0.2) is 13.2 Å². The molecule has 2 heteroatoms. The van der Waals surface area contributed by atoms with Crippen molar-refractivity contribution in [1.82, 2.24) is 0 Å². The fourth-order valence-electron chi connectivity index (χ4n) is 5.90. The number of hydrogen-bond acceptors (Lipinski definition) is 2. The van der Waals surface area contributed by atoms with E-state index in [1.165, 1.54) is 66.3 Å². The highest BCUT2D eigenvalue weighted by molar-refractivity contribution is 5.85. The molecule has 5 rings (SSSR count). The molecule has 200 valence electrons. The van der Waals surface area contributed by atoms with Gasteiger partial charge in [0.1, 0.15) is 11.5 Å². The van der Waals surface area contributed by atoms with Crippen molar-refractivity contribution >= 4 is 0 Å². The Morgan fingerprint density at radius 2 is 1.21 bits per heavy atom. The van der Waals surface area contributed by atoms with E-state index in [0.717, 1.165) is 43.1 Å². The van der Waals surface area contributed by atoms with Crippen molar-refractivity contribution in [2.75, 3.05) is 13.2 Å². The van der Waals surface area contributed by atoms with Crippen LogP contribution in [0.2, 0.25) is 0 Å². The van der Waals surface area contributed by atoms with E-state index in [9.17, 15) is 0 Å². The third-order valence-corrected chi connectivity index (χ3v) is 7.91. The van der Waals surface area contributed by atoms with Crippen LogP contribution in [0.1, 0.15) is 87.5 Å². The summed E-state index contributed by atoms with van der Waals surface area (Å²) >= 11 is 0. The fraction of sp³-hybridized carbons (Fsp3) is 0.351. The van der Waals surface area contributed by atoms with Crippen molar-refractivity contribution in [1.29, 1.82) is 0 Å². The van der Waals surface area contributed by atoms with Crippen LogP contribution < -0.4 is 9.47 Å². The molecular formula is C37H40O2. The van der Waals surface area contributed by atoms with Crippen LogP contribution in [-0.2, 0) is 5.41 Å². The lowest BCUT2D eigenvalue weighted by molar-refractivity contribution is 0.305. The fourth-order valence-corrected chi connectivity index (χ4v) is 5.90. The maximum atomic E-state index is 6.10. The molecule has 0 spiro atoms. The SMILES string of the molecule is CCCCCCOc1ccc(C2(c3ccc(OCCCCCC)cc3)c3ccc[c]c3-c3cc[c]cc32)cc1. The zero-order valence-electron chi connectivity index (χ0n) is 23.5. The first kappa shape index (κ1) is 27.1. The minimum Gasteiger partial charge on any atom is -0.494 e. The Morgan fingerprint density at radius 1 is 0.615 bits per heavy atom. The Hall–Kier alpha value is -3.52. The van der Waals surface area contributed by atoms with E-state index < -0.39 is 5.41 Å². The summed E-state index contributed by atoms with van der Waals surface area (Å²) in [5.74, 6) is 1.85. The minimum absolute atomic E-state index is 0.459. The topological polar surface area (TPSA) is 18.5 Å². The molecule has 4 aromatic rings. The number of ether oxygens (including phenoxy) is 2. The molecule has 0 saturated heterocycles. The van der Waals surface area contributed by atoms with Crippen molar-refractivity contribution in [2.24, 2.45) is 0 Å². The van der Waals surface area contributed by atoms with Crippen molar-refractivity contribution in [2.45, 2.75) is 70.6 Å². The van der Waals surface area contributed by atoms with E-state index in [-0.39, 0.29) is 0 Å². The lowest BCUT2D eigenvalue weighted by atomic mass is 9.68. The first-order valence-corrected chi connectivity index (χ1v) is 14.8. The Balaban J connectivity index is 1.50. The Bertz CT molecular complexity index is 1220. The molecule has 4 aromatic carbocycles. The quantitative estimate of drug-likeness (QED) is 0.137. The van der Waals surface area contributed by atoms with Gasteiger partial charge in [-0.15, -0.1) is 0 Å². The van der Waals surface area contributed by atoms with Gasteiger partial charge in [0.15, 0.2) is 0 Å². The van der Waals surface area contributed by atoms with Gasteiger partial charge in [-0.3, -0.25) is 0 Å². The zero-order chi connectivity index (χ0) is 26.9. The van der Waals surface area contributed by atoms with Crippen molar-refractivity contribution in [3.05, 3.63) is 119 Å². The van der Waals surface area contributed by atoms with Gasteiger partial charge in [-0.25, -0.2) is 0 Å². The molecule has 39 heavy (non-hydrogen) atoms. The first-order valence-electron chi connectivity index (χ1n) is 14.8. The third kappa shape index (κ3) is 5.62. The average molecular weight is 517 g/mol. The van der Waals surface area contributed by atoms with Crippen LogP contribution in [0.15, 0.2) is 84.9 Å². The maximum absolute atomic E-state index is 6.10. The van der Waals surface area contributed by atoms with Gasteiger partial charge in [0.25, 0.3) is 0 Å². The maximum Gasteiger partial charge on any atom is 0.119 e. The van der Waals surface area contributed by atoms with Crippen LogP contribution in [0.3, 0.4) is 0 Å². The summed E-state index contributed by atoms with van der Waals surface area (Å²) in [5, 5.41) is 0. The molecule has 0 saturated carbocycles. The van der Waals surface area contributed by atoms with E-state index in [1.54, 1.807) is 0 Å². The summed E-state index contributed by atoms with van der Waals surface area (Å²) in [6.07, 6.45) is 9.63. The van der Waals surface area contributed by atoms with Crippen molar-refractivity contribution in [3.8, 4) is 22.6 Å². The van der Waals surface area contributed by atoms with Gasteiger partial charge in [0.05, 0.1) is 18.6 Å². The van der Waals surface area contributed by atoms with Gasteiger partial charge >= 0.3 is 0 Å². The molecule has 1 aliphatic carbocycles. The van der Waals surface area contributed by atoms with Crippen molar-refractivity contribution in [3.63, 3.8) is 0 Å². The molecule has 2 nitrogen and oxygen atoms in total. The van der Waals surface area contributed by atoms with E-state index in [4.69, 9.17) is 9.47 Å². The van der Waals surface area contributed by atoms with E-state index in [2.05, 4.69) is 98.8 Å². The molecule has 0 heterocycles. The predicted octanol–water partition coefficient (Wildman–Crippen LogP) is 9.57. The molecule has 1 aliphatic rings. The molecule has 0 amide bonds. The molecule has 0 aliphatic heterocycles. The van der Waals surface area contributed by atoms with Gasteiger partial charge in [-0.2, -0.15) is 0 Å². The molecule has 0 N–H and O–H groups in total. The molecule has 0 atom stereocenters. The van der Waals surface area contributed by atoms with Gasteiger partial charge in [0, 0.05) is 0 Å². The summed E-state index contributed by atoms with van der Waals surface area (Å²) in [7, 11) is 0. The highest BCUT2D eigenvalue weighted by Gasteiger charge is 2.45. The second-order valence-corrected chi connectivity index (χ2v) is 10.5. The van der Waals surface area contributed by atoms with Crippen LogP contribution in [0.4, 0.5) is 0 Å². The van der Waals surface area contributed by atoms with Gasteiger partial charge in [0.2, 0.25) is 0 Å². The van der Waals surface area contributed by atoms with Crippen LogP contribution in [0, 0.1) is 12.1 Å². The van der Waals surface area contributed by atoms with Crippen LogP contribution >= 0.6 is 0 Å². The summed E-state index contributed by atoms with van der Waals surface area (Å²) in [6, 6.07) is 37.1. The standard InChI is InChI=1S/C37H40O2/c1-3-5-7-13-27-38-31-23-19-29(20-24-31)37(30-21-25-32(26-22-30)39-28-14-8-6-4-2)35-17-11-9-15-33(35)34-16-10-12-18-36(34)37/h9-11,16-26H,3-8,13-14,27-28H2,1-2H3. The highest BCUT2D eigenvalue weighted by Crippen LogP contribution is 2.56. The Kier molecular flexibility index (Phi) is 9.04. The predicted molar refractivity (Wildman–Crippen MR) is 161 cm³/mol. The first-order chi connectivity index (χ1) is 19.3. The molecule has 0 aromatic heterocycles. The van der Waals surface area contributed by atoms with E-state index >= 15 is 0 Å². The highest BCUT2D eigenvalue weighted by atomic mass is 16.5. The Labute approximate surface area is 235 Å². The van der Waals surface area contributed by atoms with E-state index in [1.807, 2.05) is 12.1 Å². The number of rotatable bonds is 14. The zero-order valence-corrected chi connectivity index (χ0v) is 23.5. The second-order valence-electron chi connectivity index (χ2n) is 10.5. The lowest BCUT2D eigenvalue weighted by Gasteiger charge is -2.34. The van der Waals surface area contributed by atoms with E-state index in [0.29, 0.717) is 0 Å². The normalized spacial score (nSPS) is 13.1. The summed E-state index contributed by atoms with van der Waals surface area (Å²) in [4.78, 5) is 0. The number of hydrogen-bond donors (Lipinski definition) is 0. The monoisotopic (exact) mass is 516 g/mol. The molecule has 0 unspecified atom stereocenters. The van der Waals surface area contributed by atoms with Crippen molar-refractivity contribution < 1.29 is 9.47 Å². The Morgan fingerprint density at radius 3 is 1.77 bits per heavy atom. The van der Waals surface area contributed by atoms with Gasteiger partial charge in [-0.05, 0) is 88.7 Å². The molecule has 0 bridgehead atoms. The summed E-state index contributed by atoms with van der Waals surface area (Å²) in [5.41, 5.74) is 6.84. The lowest BCUT2D eigenvalue weighted by Crippen LogP contribution is -2.28. The van der Waals surface area contributed by atoms with Crippen LogP contribution in [0.25, 0.3) is 11.1 Å². The largest absolute Gasteiger partial charge is 0.494 e. The molecule has 2 radical (unpaired) electrons. The third-order valence-electron chi connectivity index (χ3n) is 7.91. The molecule has 0 fully saturated rings. The average Bonchev–Trinajstić information content (AvgIpc) is 3.29. The second kappa shape index (κ2) is 13.0. The molecular weight excluding hydrogens is 476 g/mol.